The SMILES string of the molecule is CC(C)(C)C1CCC(C2CC(N)CCO2)CC1. The Balaban J connectivity index is 1.82. The Morgan fingerprint density at radius 2 is 1.65 bits per heavy atom. The molecule has 2 aliphatic rings. The molecule has 1 saturated heterocycles. The summed E-state index contributed by atoms with van der Waals surface area (Å²) in [7, 11) is 0. The van der Waals surface area contributed by atoms with Gasteiger partial charge >= 0.3 is 0 Å². The topological polar surface area (TPSA) is 35.2 Å². The van der Waals surface area contributed by atoms with Crippen molar-refractivity contribution in [2.45, 2.75) is 71.4 Å². The van der Waals surface area contributed by atoms with Crippen molar-refractivity contribution in [1.29, 1.82) is 0 Å². The molecule has 1 saturated carbocycles. The van der Waals surface area contributed by atoms with E-state index < -0.39 is 0 Å². The van der Waals surface area contributed by atoms with E-state index in [1.807, 2.05) is 0 Å². The van der Waals surface area contributed by atoms with E-state index in [9.17, 15) is 0 Å². The van der Waals surface area contributed by atoms with Crippen molar-refractivity contribution in [3.05, 3.63) is 0 Å². The van der Waals surface area contributed by atoms with Crippen molar-refractivity contribution < 1.29 is 4.74 Å². The van der Waals surface area contributed by atoms with Gasteiger partial charge in [0.05, 0.1) is 6.10 Å². The van der Waals surface area contributed by atoms with Crippen molar-refractivity contribution in [3.8, 4) is 0 Å². The predicted octanol–water partition coefficient (Wildman–Crippen LogP) is 3.35. The minimum atomic E-state index is 0.383. The molecule has 0 aromatic heterocycles. The molecular formula is C15H29NO. The average Bonchev–Trinajstić information content (AvgIpc) is 2.28. The van der Waals surface area contributed by atoms with Crippen molar-refractivity contribution in [2.75, 3.05) is 6.61 Å². The van der Waals surface area contributed by atoms with Crippen LogP contribution < -0.4 is 5.73 Å². The zero-order chi connectivity index (χ0) is 12.5. The lowest BCUT2D eigenvalue weighted by Crippen LogP contribution is -2.40. The van der Waals surface area contributed by atoms with Crippen LogP contribution in [0, 0.1) is 17.3 Å². The van der Waals surface area contributed by atoms with E-state index in [0.29, 0.717) is 17.6 Å². The summed E-state index contributed by atoms with van der Waals surface area (Å²) in [5.41, 5.74) is 6.53. The Kier molecular flexibility index (Phi) is 4.14. The fourth-order valence-corrected chi connectivity index (χ4v) is 3.54. The summed E-state index contributed by atoms with van der Waals surface area (Å²) in [5.74, 6) is 1.68. The number of nitrogens with two attached hydrogens (primary N) is 1. The molecule has 100 valence electrons. The second-order valence-corrected chi connectivity index (χ2v) is 7.17. The summed E-state index contributed by atoms with van der Waals surface area (Å²) in [6.45, 7) is 8.02. The lowest BCUT2D eigenvalue weighted by molar-refractivity contribution is -0.0449. The Hall–Kier alpha value is -0.0800. The highest BCUT2D eigenvalue weighted by atomic mass is 16.5. The second kappa shape index (κ2) is 5.27. The highest BCUT2D eigenvalue weighted by Gasteiger charge is 2.34. The monoisotopic (exact) mass is 239 g/mol. The zero-order valence-corrected chi connectivity index (χ0v) is 11.7. The minimum Gasteiger partial charge on any atom is -0.378 e. The van der Waals surface area contributed by atoms with Crippen molar-refractivity contribution in [3.63, 3.8) is 0 Å². The van der Waals surface area contributed by atoms with Gasteiger partial charge in [-0.05, 0) is 55.8 Å². The maximum absolute atomic E-state index is 6.05. The van der Waals surface area contributed by atoms with Crippen LogP contribution in [-0.4, -0.2) is 18.8 Å². The van der Waals surface area contributed by atoms with Crippen molar-refractivity contribution in [2.24, 2.45) is 23.0 Å². The third kappa shape index (κ3) is 3.45. The van der Waals surface area contributed by atoms with Crippen molar-refractivity contribution in [1.82, 2.24) is 0 Å². The normalized spacial score (nSPS) is 40.2. The Morgan fingerprint density at radius 3 is 2.18 bits per heavy atom. The molecule has 17 heavy (non-hydrogen) atoms. The highest BCUT2D eigenvalue weighted by Crippen LogP contribution is 2.42. The van der Waals surface area contributed by atoms with Crippen LogP contribution in [0.3, 0.4) is 0 Å². The van der Waals surface area contributed by atoms with Crippen LogP contribution in [0.25, 0.3) is 0 Å². The second-order valence-electron chi connectivity index (χ2n) is 7.17. The standard InChI is InChI=1S/C15H29NO/c1-15(2,3)12-6-4-11(5-7-12)14-10-13(16)8-9-17-14/h11-14H,4-10,16H2,1-3H3. The molecule has 1 aliphatic carbocycles. The van der Waals surface area contributed by atoms with Gasteiger partial charge in [0, 0.05) is 12.6 Å². The van der Waals surface area contributed by atoms with Crippen LogP contribution in [0.2, 0.25) is 0 Å². The van der Waals surface area contributed by atoms with Crippen LogP contribution in [0.4, 0.5) is 0 Å². The van der Waals surface area contributed by atoms with E-state index in [-0.39, 0.29) is 0 Å². The lowest BCUT2D eigenvalue weighted by Gasteiger charge is -2.41. The maximum atomic E-state index is 6.05. The maximum Gasteiger partial charge on any atom is 0.0618 e. The molecule has 2 nitrogen and oxygen atoms in total. The Bertz CT molecular complexity index is 238. The molecule has 2 heteroatoms. The largest absolute Gasteiger partial charge is 0.378 e. The smallest absolute Gasteiger partial charge is 0.0618 e. The van der Waals surface area contributed by atoms with E-state index in [0.717, 1.165) is 31.3 Å². The molecule has 0 aromatic carbocycles. The fraction of sp³-hybridized carbons (Fsp3) is 1.00. The first kappa shape index (κ1) is 13.4. The number of hydrogen-bond acceptors (Lipinski definition) is 2. The van der Waals surface area contributed by atoms with Crippen LogP contribution in [0.15, 0.2) is 0 Å². The van der Waals surface area contributed by atoms with E-state index >= 15 is 0 Å². The van der Waals surface area contributed by atoms with Gasteiger partial charge in [-0.1, -0.05) is 20.8 Å². The van der Waals surface area contributed by atoms with Gasteiger partial charge in [0.1, 0.15) is 0 Å². The van der Waals surface area contributed by atoms with Gasteiger partial charge in [-0.15, -0.1) is 0 Å². The molecule has 2 unspecified atom stereocenters. The number of hydrogen-bond donors (Lipinski definition) is 1. The molecule has 0 radical (unpaired) electrons. The summed E-state index contributed by atoms with van der Waals surface area (Å²) in [5, 5.41) is 0. The molecule has 0 spiro atoms. The highest BCUT2D eigenvalue weighted by molar-refractivity contribution is 4.86. The molecule has 2 rings (SSSR count). The summed E-state index contributed by atoms with van der Waals surface area (Å²) in [4.78, 5) is 0. The van der Waals surface area contributed by atoms with Gasteiger partial charge in [0.15, 0.2) is 0 Å². The third-order valence-electron chi connectivity index (χ3n) is 4.88. The first-order valence-electron chi connectivity index (χ1n) is 7.34. The number of ether oxygens (including phenoxy) is 1. The molecule has 1 heterocycles. The van der Waals surface area contributed by atoms with E-state index in [1.165, 1.54) is 25.7 Å². The first-order chi connectivity index (χ1) is 7.97. The van der Waals surface area contributed by atoms with E-state index in [1.54, 1.807) is 0 Å². The van der Waals surface area contributed by atoms with Crippen LogP contribution in [0.1, 0.15) is 59.3 Å². The predicted molar refractivity (Wildman–Crippen MR) is 71.9 cm³/mol. The molecule has 2 fully saturated rings. The van der Waals surface area contributed by atoms with Crippen LogP contribution in [0.5, 0.6) is 0 Å². The molecule has 0 aromatic rings. The minimum absolute atomic E-state index is 0.383. The summed E-state index contributed by atoms with van der Waals surface area (Å²) >= 11 is 0. The molecule has 0 amide bonds. The quantitative estimate of drug-likeness (QED) is 0.761. The lowest BCUT2D eigenvalue weighted by atomic mass is 9.68. The van der Waals surface area contributed by atoms with Gasteiger partial charge in [-0.3, -0.25) is 0 Å². The third-order valence-corrected chi connectivity index (χ3v) is 4.88. The van der Waals surface area contributed by atoms with Crippen LogP contribution >= 0.6 is 0 Å². The average molecular weight is 239 g/mol. The van der Waals surface area contributed by atoms with Crippen LogP contribution in [-0.2, 0) is 4.74 Å². The van der Waals surface area contributed by atoms with Gasteiger partial charge in [-0.25, -0.2) is 0 Å². The van der Waals surface area contributed by atoms with Gasteiger partial charge < -0.3 is 10.5 Å². The van der Waals surface area contributed by atoms with Gasteiger partial charge in [0.25, 0.3) is 0 Å². The molecule has 0 bridgehead atoms. The van der Waals surface area contributed by atoms with E-state index in [4.69, 9.17) is 10.5 Å². The summed E-state index contributed by atoms with van der Waals surface area (Å²) in [6.07, 6.45) is 8.05. The number of rotatable bonds is 1. The van der Waals surface area contributed by atoms with Gasteiger partial charge in [-0.2, -0.15) is 0 Å². The Morgan fingerprint density at radius 1 is 1.00 bits per heavy atom. The first-order valence-corrected chi connectivity index (χ1v) is 7.34. The zero-order valence-electron chi connectivity index (χ0n) is 11.7. The van der Waals surface area contributed by atoms with Gasteiger partial charge in [0.2, 0.25) is 0 Å². The molecule has 2 N–H and O–H groups in total. The fourth-order valence-electron chi connectivity index (χ4n) is 3.54. The summed E-state index contributed by atoms with van der Waals surface area (Å²) in [6, 6.07) is 0.383. The van der Waals surface area contributed by atoms with E-state index in [2.05, 4.69) is 20.8 Å². The van der Waals surface area contributed by atoms with Crippen molar-refractivity contribution >= 4 is 0 Å². The Labute approximate surface area is 106 Å². The molecular weight excluding hydrogens is 210 g/mol. The molecule has 2 atom stereocenters. The molecule has 1 aliphatic heterocycles. The summed E-state index contributed by atoms with van der Waals surface area (Å²) < 4.78 is 5.93.